The van der Waals surface area contributed by atoms with Gasteiger partial charge < -0.3 is 9.88 Å². The quantitative estimate of drug-likeness (QED) is 0.354. The van der Waals surface area contributed by atoms with E-state index in [4.69, 9.17) is 0 Å². The molecule has 4 aromatic rings. The second-order valence-electron chi connectivity index (χ2n) is 7.89. The highest BCUT2D eigenvalue weighted by Crippen LogP contribution is 2.32. The number of hydrogen-bond acceptors (Lipinski definition) is 6. The molecule has 0 aliphatic heterocycles. The molecule has 184 valence electrons. The maximum Gasteiger partial charge on any atom is 0.423 e. The van der Waals surface area contributed by atoms with Gasteiger partial charge in [0.05, 0.1) is 23.8 Å². The molecule has 0 aliphatic carbocycles. The summed E-state index contributed by atoms with van der Waals surface area (Å²) in [5, 5.41) is 10.2. The van der Waals surface area contributed by atoms with E-state index in [0.717, 1.165) is 16.8 Å². The number of aromatic amines is 1. The summed E-state index contributed by atoms with van der Waals surface area (Å²) in [4.78, 5) is 28.4. The van der Waals surface area contributed by atoms with Crippen molar-refractivity contribution in [2.24, 2.45) is 0 Å². The minimum absolute atomic E-state index is 0.0630. The molecular weight excluding hydrogens is 493 g/mol. The van der Waals surface area contributed by atoms with Crippen LogP contribution in [0, 0.1) is 5.82 Å². The normalized spacial score (nSPS) is 13.7. The Labute approximate surface area is 198 Å². The lowest BCUT2D eigenvalue weighted by molar-refractivity contribution is -0.138. The largest absolute Gasteiger partial charge is 0.423 e. The summed E-state index contributed by atoms with van der Waals surface area (Å²) < 4.78 is 70.0. The Hall–Kier alpha value is -3.61. The number of benzene rings is 1. The lowest BCUT2D eigenvalue weighted by Gasteiger charge is -2.20. The third kappa shape index (κ3) is 5.24. The number of fused-ring (bicyclic) bond motifs is 1. The predicted octanol–water partition coefficient (Wildman–Crippen LogP) is 4.60. The van der Waals surface area contributed by atoms with Crippen LogP contribution in [0.15, 0.2) is 51.8 Å². The number of H-pyrrole nitrogens is 1. The van der Waals surface area contributed by atoms with Crippen molar-refractivity contribution < 1.29 is 22.0 Å². The van der Waals surface area contributed by atoms with Gasteiger partial charge >= 0.3 is 6.18 Å². The standard InChI is InChI=1S/C22H18F5N5O2S/c1-11(30-17-9-29-31-19(33)18(17)22(25,26)27)6-13(23)10-32-4-2-12-7-15(20-28-3-5-35-20)16(24)8-14(12)21(32)34/h2-5,7-9,11,13H,6,10H2,1H3,(H2,30,31,33). The van der Waals surface area contributed by atoms with Crippen molar-refractivity contribution in [3.63, 3.8) is 0 Å². The Morgan fingerprint density at radius 2 is 2.03 bits per heavy atom. The molecule has 7 nitrogen and oxygen atoms in total. The average Bonchev–Trinajstić information content (AvgIpc) is 3.29. The van der Waals surface area contributed by atoms with Crippen molar-refractivity contribution in [2.45, 2.75) is 38.3 Å². The molecule has 4 rings (SSSR count). The van der Waals surface area contributed by atoms with Gasteiger partial charge in [-0.05, 0) is 30.5 Å². The Morgan fingerprint density at radius 1 is 1.26 bits per heavy atom. The summed E-state index contributed by atoms with van der Waals surface area (Å²) in [7, 11) is 0. The fourth-order valence-electron chi connectivity index (χ4n) is 3.75. The molecular formula is C22H18F5N5O2S. The zero-order valence-corrected chi connectivity index (χ0v) is 18.9. The van der Waals surface area contributed by atoms with Crippen LogP contribution in [-0.4, -0.2) is 32.0 Å². The van der Waals surface area contributed by atoms with Gasteiger partial charge in [-0.25, -0.2) is 18.9 Å². The van der Waals surface area contributed by atoms with E-state index in [-0.39, 0.29) is 17.4 Å². The van der Waals surface area contributed by atoms with E-state index >= 15 is 0 Å². The lowest BCUT2D eigenvalue weighted by Crippen LogP contribution is -2.30. The van der Waals surface area contributed by atoms with Crippen molar-refractivity contribution in [1.29, 1.82) is 0 Å². The SMILES string of the molecule is CC(CC(F)Cn1ccc2cc(-c3nccs3)c(F)cc2c1=O)Nc1cn[nH]c(=O)c1C(F)(F)F. The number of hydrogen-bond donors (Lipinski definition) is 2. The molecule has 0 aliphatic rings. The number of rotatable bonds is 7. The predicted molar refractivity (Wildman–Crippen MR) is 122 cm³/mol. The molecule has 2 N–H and O–H groups in total. The van der Waals surface area contributed by atoms with Crippen LogP contribution in [0.25, 0.3) is 21.3 Å². The van der Waals surface area contributed by atoms with Gasteiger partial charge in [0.15, 0.2) is 0 Å². The molecule has 35 heavy (non-hydrogen) atoms. The molecule has 2 atom stereocenters. The maximum atomic E-state index is 14.8. The lowest BCUT2D eigenvalue weighted by atomic mass is 10.1. The van der Waals surface area contributed by atoms with Gasteiger partial charge in [0.25, 0.3) is 11.1 Å². The molecule has 0 radical (unpaired) electrons. The van der Waals surface area contributed by atoms with Crippen molar-refractivity contribution in [2.75, 3.05) is 5.32 Å². The number of halogens is 5. The number of pyridine rings is 1. The molecule has 0 spiro atoms. The minimum atomic E-state index is -4.93. The van der Waals surface area contributed by atoms with E-state index in [1.165, 1.54) is 36.7 Å². The Bertz CT molecular complexity index is 1470. The third-order valence-electron chi connectivity index (χ3n) is 5.27. The van der Waals surface area contributed by atoms with Gasteiger partial charge in [0, 0.05) is 35.8 Å². The molecule has 0 saturated heterocycles. The summed E-state index contributed by atoms with van der Waals surface area (Å²) in [5.74, 6) is -0.635. The Morgan fingerprint density at radius 3 is 2.71 bits per heavy atom. The molecule has 1 aromatic carbocycles. The second kappa shape index (κ2) is 9.56. The van der Waals surface area contributed by atoms with Gasteiger partial charge in [-0.15, -0.1) is 11.3 Å². The average molecular weight is 511 g/mol. The van der Waals surface area contributed by atoms with Crippen molar-refractivity contribution in [1.82, 2.24) is 19.7 Å². The smallest absolute Gasteiger partial charge is 0.381 e. The summed E-state index contributed by atoms with van der Waals surface area (Å²) in [6.07, 6.45) is -3.11. The first-order chi connectivity index (χ1) is 16.5. The fourth-order valence-corrected chi connectivity index (χ4v) is 4.41. The van der Waals surface area contributed by atoms with Gasteiger partial charge in [0.1, 0.15) is 22.6 Å². The van der Waals surface area contributed by atoms with Gasteiger partial charge in [-0.3, -0.25) is 9.59 Å². The minimum Gasteiger partial charge on any atom is -0.381 e. The number of aromatic nitrogens is 4. The fraction of sp³-hybridized carbons (Fsp3) is 0.273. The van der Waals surface area contributed by atoms with E-state index < -0.39 is 53.1 Å². The van der Waals surface area contributed by atoms with Crippen molar-refractivity contribution in [3.05, 3.63) is 74.3 Å². The van der Waals surface area contributed by atoms with Gasteiger partial charge in [0.2, 0.25) is 0 Å². The van der Waals surface area contributed by atoms with Crippen LogP contribution >= 0.6 is 11.3 Å². The van der Waals surface area contributed by atoms with E-state index in [1.54, 1.807) is 16.5 Å². The number of thiazole rings is 1. The monoisotopic (exact) mass is 511 g/mol. The molecule has 0 saturated carbocycles. The summed E-state index contributed by atoms with van der Waals surface area (Å²) in [6.45, 7) is 1.04. The van der Waals surface area contributed by atoms with Crippen LogP contribution in [0.4, 0.5) is 27.6 Å². The molecule has 2 unspecified atom stereocenters. The zero-order chi connectivity index (χ0) is 25.3. The van der Waals surface area contributed by atoms with Crippen LogP contribution in [-0.2, 0) is 12.7 Å². The highest BCUT2D eigenvalue weighted by Gasteiger charge is 2.37. The summed E-state index contributed by atoms with van der Waals surface area (Å²) in [6, 6.07) is 3.31. The van der Waals surface area contributed by atoms with E-state index in [0.29, 0.717) is 10.4 Å². The second-order valence-corrected chi connectivity index (χ2v) is 8.79. The van der Waals surface area contributed by atoms with Gasteiger partial charge in [-0.1, -0.05) is 0 Å². The van der Waals surface area contributed by atoms with Gasteiger partial charge in [-0.2, -0.15) is 18.3 Å². The van der Waals surface area contributed by atoms with E-state index in [2.05, 4.69) is 15.4 Å². The van der Waals surface area contributed by atoms with E-state index in [1.807, 2.05) is 0 Å². The first-order valence-corrected chi connectivity index (χ1v) is 11.2. The molecule has 0 bridgehead atoms. The summed E-state index contributed by atoms with van der Waals surface area (Å²) >= 11 is 1.25. The Balaban J connectivity index is 1.50. The highest BCUT2D eigenvalue weighted by molar-refractivity contribution is 7.13. The van der Waals surface area contributed by atoms with Crippen molar-refractivity contribution in [3.8, 4) is 10.6 Å². The number of alkyl halides is 4. The molecule has 3 aromatic heterocycles. The van der Waals surface area contributed by atoms with Crippen LogP contribution in [0.1, 0.15) is 18.9 Å². The van der Waals surface area contributed by atoms with E-state index in [9.17, 15) is 31.5 Å². The van der Waals surface area contributed by atoms with Crippen LogP contribution in [0.2, 0.25) is 0 Å². The topological polar surface area (TPSA) is 92.7 Å². The zero-order valence-electron chi connectivity index (χ0n) is 18.1. The third-order valence-corrected chi connectivity index (χ3v) is 6.08. The van der Waals surface area contributed by atoms with Crippen LogP contribution in [0.3, 0.4) is 0 Å². The Kier molecular flexibility index (Phi) is 6.70. The molecule has 13 heteroatoms. The molecule has 0 amide bonds. The summed E-state index contributed by atoms with van der Waals surface area (Å²) in [5.41, 5.74) is -3.80. The first kappa shape index (κ1) is 24.5. The number of anilines is 1. The molecule has 0 fully saturated rings. The van der Waals surface area contributed by atoms with Crippen LogP contribution < -0.4 is 16.4 Å². The number of nitrogens with zero attached hydrogens (tertiary/aromatic N) is 3. The molecule has 3 heterocycles. The number of nitrogens with one attached hydrogen (secondary N) is 2. The maximum absolute atomic E-state index is 14.8. The van der Waals surface area contributed by atoms with Crippen molar-refractivity contribution >= 4 is 27.8 Å². The first-order valence-electron chi connectivity index (χ1n) is 10.3. The highest BCUT2D eigenvalue weighted by atomic mass is 32.1. The van der Waals surface area contributed by atoms with Crippen LogP contribution in [0.5, 0.6) is 0 Å².